The van der Waals surface area contributed by atoms with Crippen molar-refractivity contribution >= 4 is 34.0 Å². The number of benzene rings is 1. The zero-order valence-electron chi connectivity index (χ0n) is 19.3. The van der Waals surface area contributed by atoms with E-state index in [-0.39, 0.29) is 23.6 Å². The Morgan fingerprint density at radius 3 is 2.47 bits per heavy atom. The molecular weight excluding hydrogens is 441 g/mol. The van der Waals surface area contributed by atoms with Gasteiger partial charge in [-0.3, -0.25) is 4.79 Å². The third-order valence-corrected chi connectivity index (χ3v) is 6.65. The van der Waals surface area contributed by atoms with Crippen molar-refractivity contribution in [3.8, 4) is 0 Å². The number of aromatic nitrogens is 1. The predicted octanol–water partition coefficient (Wildman–Crippen LogP) is 5.29. The van der Waals surface area contributed by atoms with Crippen molar-refractivity contribution < 1.29 is 18.0 Å². The maximum Gasteiger partial charge on any atom is 0.417 e. The van der Waals surface area contributed by atoms with Gasteiger partial charge in [-0.2, -0.15) is 13.2 Å². The van der Waals surface area contributed by atoms with Crippen LogP contribution in [-0.2, 0) is 4.79 Å². The summed E-state index contributed by atoms with van der Waals surface area (Å²) < 4.78 is 40.8. The lowest BCUT2D eigenvalue weighted by Crippen LogP contribution is -2.35. The largest absolute Gasteiger partial charge is 0.417 e. The first-order valence-corrected chi connectivity index (χ1v) is 11.8. The van der Waals surface area contributed by atoms with Crippen LogP contribution in [0, 0.1) is 5.92 Å². The quantitative estimate of drug-likeness (QED) is 0.488. The third kappa shape index (κ3) is 5.78. The number of halogens is 3. The zero-order valence-corrected chi connectivity index (χ0v) is 19.3. The number of nitrogens with one attached hydrogen (secondary N) is 3. The first-order valence-electron chi connectivity index (χ1n) is 11.8. The Bertz CT molecular complexity index is 1080. The van der Waals surface area contributed by atoms with Gasteiger partial charge in [0.25, 0.3) is 0 Å². The van der Waals surface area contributed by atoms with Crippen LogP contribution in [-0.4, -0.2) is 42.7 Å². The van der Waals surface area contributed by atoms with Crippen molar-refractivity contribution in [3.63, 3.8) is 0 Å². The highest BCUT2D eigenvalue weighted by Crippen LogP contribution is 2.37. The molecule has 2 saturated carbocycles. The van der Waals surface area contributed by atoms with Crippen LogP contribution in [0.2, 0.25) is 0 Å². The molecule has 2 aliphatic rings. The van der Waals surface area contributed by atoms with Crippen LogP contribution in [0.4, 0.5) is 18.9 Å². The highest BCUT2D eigenvalue weighted by molar-refractivity contribution is 6.00. The van der Waals surface area contributed by atoms with Crippen molar-refractivity contribution in [3.05, 3.63) is 48.3 Å². The SMILES string of the molecule is C=C(c1nc(/C=C/CNC(=O)C2CC2)cc2c(NC3CCC(NC)CC3)cccc12)C(F)(F)F. The average Bonchev–Trinajstić information content (AvgIpc) is 3.67. The number of amides is 1. The van der Waals surface area contributed by atoms with Crippen molar-refractivity contribution in [1.29, 1.82) is 0 Å². The van der Waals surface area contributed by atoms with Crippen LogP contribution in [0.15, 0.2) is 36.9 Å². The number of carbonyl (C=O) groups is 1. The summed E-state index contributed by atoms with van der Waals surface area (Å²) in [6, 6.07) is 7.87. The lowest BCUT2D eigenvalue weighted by molar-refractivity contribution is -0.122. The Morgan fingerprint density at radius 2 is 1.82 bits per heavy atom. The van der Waals surface area contributed by atoms with Gasteiger partial charge < -0.3 is 16.0 Å². The van der Waals surface area contributed by atoms with Gasteiger partial charge in [0.15, 0.2) is 0 Å². The van der Waals surface area contributed by atoms with Crippen LogP contribution in [0.5, 0.6) is 0 Å². The molecule has 34 heavy (non-hydrogen) atoms. The van der Waals surface area contributed by atoms with E-state index in [1.807, 2.05) is 13.1 Å². The summed E-state index contributed by atoms with van der Waals surface area (Å²) in [6.07, 6.45) is 4.68. The molecule has 0 atom stereocenters. The summed E-state index contributed by atoms with van der Waals surface area (Å²) >= 11 is 0. The van der Waals surface area contributed by atoms with Gasteiger partial charge in [0.05, 0.1) is 17.0 Å². The maximum absolute atomic E-state index is 13.6. The number of anilines is 1. The number of allylic oxidation sites excluding steroid dienone is 1. The van der Waals surface area contributed by atoms with E-state index < -0.39 is 11.7 Å². The van der Waals surface area contributed by atoms with E-state index in [2.05, 4.69) is 27.5 Å². The Balaban J connectivity index is 1.63. The van der Waals surface area contributed by atoms with Crippen molar-refractivity contribution in [2.75, 3.05) is 18.9 Å². The summed E-state index contributed by atoms with van der Waals surface area (Å²) in [4.78, 5) is 16.1. The van der Waals surface area contributed by atoms with Crippen molar-refractivity contribution in [2.45, 2.75) is 56.8 Å². The summed E-state index contributed by atoms with van der Waals surface area (Å²) in [5.41, 5.74) is 0.0399. The first kappa shape index (κ1) is 24.3. The molecule has 8 heteroatoms. The van der Waals surface area contributed by atoms with Gasteiger partial charge in [0.1, 0.15) is 0 Å². The van der Waals surface area contributed by atoms with Gasteiger partial charge in [0, 0.05) is 41.0 Å². The van der Waals surface area contributed by atoms with Gasteiger partial charge in [0.2, 0.25) is 5.91 Å². The van der Waals surface area contributed by atoms with Crippen molar-refractivity contribution in [2.24, 2.45) is 5.92 Å². The van der Waals surface area contributed by atoms with E-state index in [0.717, 1.165) is 44.2 Å². The third-order valence-electron chi connectivity index (χ3n) is 6.65. The lowest BCUT2D eigenvalue weighted by atomic mass is 9.91. The van der Waals surface area contributed by atoms with E-state index in [1.165, 1.54) is 0 Å². The Hall–Kier alpha value is -2.87. The summed E-state index contributed by atoms with van der Waals surface area (Å²) in [5, 5.41) is 10.8. The van der Waals surface area contributed by atoms with E-state index >= 15 is 0 Å². The minimum absolute atomic E-state index is 0.0155. The molecular formula is C26H31F3N4O. The number of hydrogen-bond donors (Lipinski definition) is 3. The molecule has 2 aromatic rings. The highest BCUT2D eigenvalue weighted by Gasteiger charge is 2.35. The fourth-order valence-electron chi connectivity index (χ4n) is 4.45. The van der Waals surface area contributed by atoms with Gasteiger partial charge in [-0.05, 0) is 63.8 Å². The molecule has 1 amide bonds. The molecule has 182 valence electrons. The van der Waals surface area contributed by atoms with Crippen LogP contribution in [0.3, 0.4) is 0 Å². The van der Waals surface area contributed by atoms with Crippen molar-refractivity contribution in [1.82, 2.24) is 15.6 Å². The average molecular weight is 473 g/mol. The molecule has 1 heterocycles. The van der Waals surface area contributed by atoms with Gasteiger partial charge in [-0.25, -0.2) is 4.98 Å². The monoisotopic (exact) mass is 472 g/mol. The smallest absolute Gasteiger partial charge is 0.382 e. The second-order valence-corrected chi connectivity index (χ2v) is 9.18. The minimum Gasteiger partial charge on any atom is -0.382 e. The fraction of sp³-hybridized carbons (Fsp3) is 0.462. The topological polar surface area (TPSA) is 66.0 Å². The van der Waals surface area contributed by atoms with Gasteiger partial charge >= 0.3 is 6.18 Å². The first-order chi connectivity index (χ1) is 16.3. The molecule has 0 spiro atoms. The molecule has 0 saturated heterocycles. The van der Waals surface area contributed by atoms with Gasteiger partial charge in [-0.1, -0.05) is 24.8 Å². The van der Waals surface area contributed by atoms with Gasteiger partial charge in [-0.15, -0.1) is 0 Å². The van der Waals surface area contributed by atoms with E-state index in [4.69, 9.17) is 0 Å². The molecule has 5 nitrogen and oxygen atoms in total. The summed E-state index contributed by atoms with van der Waals surface area (Å²) in [7, 11) is 1.97. The summed E-state index contributed by atoms with van der Waals surface area (Å²) in [6.45, 7) is 3.61. The minimum atomic E-state index is -4.59. The zero-order chi connectivity index (χ0) is 24.3. The van der Waals surface area contributed by atoms with E-state index in [1.54, 1.807) is 30.4 Å². The van der Waals surface area contributed by atoms with Crippen LogP contribution in [0.25, 0.3) is 22.4 Å². The molecule has 3 N–H and O–H groups in total. The molecule has 0 aliphatic heterocycles. The molecule has 0 radical (unpaired) electrons. The Kier molecular flexibility index (Phi) is 7.26. The Morgan fingerprint density at radius 1 is 1.12 bits per heavy atom. The number of carbonyl (C=O) groups excluding carboxylic acids is 1. The number of pyridine rings is 1. The Labute approximate surface area is 197 Å². The standard InChI is InChI=1S/C26H31F3N4O/c1-16(26(27,28)29)24-21-6-3-7-23(32-19-12-10-18(30-2)11-13-19)22(21)15-20(33-24)5-4-14-31-25(34)17-8-9-17/h3-7,15,17-19,30,32H,1,8-14H2,2H3,(H,31,34)/b5-4+. The molecule has 2 aliphatic carbocycles. The fourth-order valence-corrected chi connectivity index (χ4v) is 4.45. The summed E-state index contributed by atoms with van der Waals surface area (Å²) in [5.74, 6) is 0.118. The normalized spacial score (nSPS) is 21.1. The van der Waals surface area contributed by atoms with E-state index in [9.17, 15) is 18.0 Å². The molecule has 4 rings (SSSR count). The number of rotatable bonds is 8. The number of alkyl halides is 3. The second kappa shape index (κ2) is 10.2. The number of fused-ring (bicyclic) bond motifs is 1. The molecule has 1 aromatic heterocycles. The number of hydrogen-bond acceptors (Lipinski definition) is 4. The predicted molar refractivity (Wildman–Crippen MR) is 130 cm³/mol. The lowest BCUT2D eigenvalue weighted by Gasteiger charge is -2.30. The number of nitrogens with zero attached hydrogens (tertiary/aromatic N) is 1. The van der Waals surface area contributed by atoms with Crippen LogP contribution in [0.1, 0.15) is 49.9 Å². The molecule has 0 bridgehead atoms. The maximum atomic E-state index is 13.6. The van der Waals surface area contributed by atoms with E-state index in [0.29, 0.717) is 29.1 Å². The van der Waals surface area contributed by atoms with Crippen LogP contribution >= 0.6 is 0 Å². The van der Waals surface area contributed by atoms with Crippen LogP contribution < -0.4 is 16.0 Å². The molecule has 1 aromatic carbocycles. The molecule has 0 unspecified atom stereocenters. The second-order valence-electron chi connectivity index (χ2n) is 9.18. The highest BCUT2D eigenvalue weighted by atomic mass is 19.4. The molecule has 2 fully saturated rings.